The molecule has 1 unspecified atom stereocenters. The number of rotatable bonds is 3. The number of benzene rings is 1. The van der Waals surface area contributed by atoms with Gasteiger partial charge in [0.2, 0.25) is 5.91 Å². The van der Waals surface area contributed by atoms with E-state index in [1.807, 2.05) is 4.90 Å². The topological polar surface area (TPSA) is 55.2 Å². The minimum Gasteiger partial charge on any atom is -0.334 e. The molecule has 5 nitrogen and oxygen atoms in total. The Morgan fingerprint density at radius 3 is 2.64 bits per heavy atom. The first kappa shape index (κ1) is 17.3. The number of piperidine rings is 1. The summed E-state index contributed by atoms with van der Waals surface area (Å²) in [5.74, 6) is -0.393. The molecule has 6 heteroatoms. The molecule has 25 heavy (non-hydrogen) atoms. The fraction of sp³-hybridized carbons (Fsp3) is 0.421. The van der Waals surface area contributed by atoms with Crippen LogP contribution in [0.15, 0.2) is 35.1 Å². The Morgan fingerprint density at radius 2 is 1.96 bits per heavy atom. The molecule has 0 radical (unpaired) electrons. The Balaban J connectivity index is 1.84. The van der Waals surface area contributed by atoms with Gasteiger partial charge in [-0.05, 0) is 56.9 Å². The Labute approximate surface area is 146 Å². The Morgan fingerprint density at radius 1 is 1.24 bits per heavy atom. The highest BCUT2D eigenvalue weighted by atomic mass is 19.1. The number of carbonyl (C=O) groups excluding carboxylic acids is 1. The van der Waals surface area contributed by atoms with Gasteiger partial charge in [-0.15, -0.1) is 0 Å². The van der Waals surface area contributed by atoms with Crippen LogP contribution in [0.4, 0.5) is 4.39 Å². The van der Waals surface area contributed by atoms with Crippen molar-refractivity contribution in [3.05, 3.63) is 63.6 Å². The van der Waals surface area contributed by atoms with Crippen molar-refractivity contribution in [1.29, 1.82) is 0 Å². The molecule has 1 aliphatic heterocycles. The van der Waals surface area contributed by atoms with Crippen molar-refractivity contribution in [2.45, 2.75) is 45.7 Å². The maximum absolute atomic E-state index is 13.2. The summed E-state index contributed by atoms with van der Waals surface area (Å²) in [4.78, 5) is 30.7. The van der Waals surface area contributed by atoms with E-state index < -0.39 is 5.69 Å². The van der Waals surface area contributed by atoms with Crippen molar-refractivity contribution in [2.75, 3.05) is 6.54 Å². The molecule has 0 N–H and O–H groups in total. The average molecular weight is 343 g/mol. The molecule has 1 saturated heterocycles. The summed E-state index contributed by atoms with van der Waals surface area (Å²) in [5, 5.41) is 0. The SMILES string of the molecule is Cc1cc(C)n(CC(=O)N2CCCCC2c2ccc(F)cc2)c(=O)n1. The molecule has 3 rings (SSSR count). The van der Waals surface area contributed by atoms with Crippen LogP contribution in [0.25, 0.3) is 0 Å². The van der Waals surface area contributed by atoms with E-state index in [4.69, 9.17) is 0 Å². The lowest BCUT2D eigenvalue weighted by Gasteiger charge is -2.36. The van der Waals surface area contributed by atoms with Crippen molar-refractivity contribution >= 4 is 5.91 Å². The lowest BCUT2D eigenvalue weighted by molar-refractivity contribution is -0.135. The number of amides is 1. The number of halogens is 1. The third kappa shape index (κ3) is 3.78. The predicted octanol–water partition coefficient (Wildman–Crippen LogP) is 2.75. The van der Waals surface area contributed by atoms with Crippen molar-refractivity contribution in [1.82, 2.24) is 14.5 Å². The van der Waals surface area contributed by atoms with Gasteiger partial charge in [-0.1, -0.05) is 12.1 Å². The van der Waals surface area contributed by atoms with E-state index in [2.05, 4.69) is 4.98 Å². The van der Waals surface area contributed by atoms with E-state index in [-0.39, 0.29) is 24.3 Å². The number of aryl methyl sites for hydroxylation is 2. The van der Waals surface area contributed by atoms with Crippen LogP contribution in [0, 0.1) is 19.7 Å². The Kier molecular flexibility index (Phi) is 4.97. The van der Waals surface area contributed by atoms with Crippen LogP contribution >= 0.6 is 0 Å². The zero-order valence-corrected chi connectivity index (χ0v) is 14.5. The molecule has 1 aliphatic rings. The molecule has 1 atom stereocenters. The maximum Gasteiger partial charge on any atom is 0.348 e. The van der Waals surface area contributed by atoms with Crippen LogP contribution in [0.3, 0.4) is 0 Å². The quantitative estimate of drug-likeness (QED) is 0.861. The fourth-order valence-electron chi connectivity index (χ4n) is 3.45. The summed E-state index contributed by atoms with van der Waals surface area (Å²) in [6.07, 6.45) is 2.80. The van der Waals surface area contributed by atoms with Crippen molar-refractivity contribution in [3.63, 3.8) is 0 Å². The largest absolute Gasteiger partial charge is 0.348 e. The van der Waals surface area contributed by atoms with E-state index in [0.717, 1.165) is 30.5 Å². The van der Waals surface area contributed by atoms with Gasteiger partial charge in [0.05, 0.1) is 6.04 Å². The second-order valence-electron chi connectivity index (χ2n) is 6.56. The minimum atomic E-state index is -0.402. The number of aromatic nitrogens is 2. The van der Waals surface area contributed by atoms with Crippen LogP contribution in [0.2, 0.25) is 0 Å². The second-order valence-corrected chi connectivity index (χ2v) is 6.56. The highest BCUT2D eigenvalue weighted by Gasteiger charge is 2.28. The van der Waals surface area contributed by atoms with Gasteiger partial charge >= 0.3 is 5.69 Å². The third-order valence-corrected chi connectivity index (χ3v) is 4.72. The van der Waals surface area contributed by atoms with Crippen LogP contribution in [-0.4, -0.2) is 26.9 Å². The molecule has 0 aliphatic carbocycles. The summed E-state index contributed by atoms with van der Waals surface area (Å²) in [7, 11) is 0. The number of carbonyl (C=O) groups is 1. The van der Waals surface area contributed by atoms with E-state index in [1.54, 1.807) is 32.0 Å². The van der Waals surface area contributed by atoms with Crippen LogP contribution in [-0.2, 0) is 11.3 Å². The van der Waals surface area contributed by atoms with Gasteiger partial charge in [-0.3, -0.25) is 9.36 Å². The smallest absolute Gasteiger partial charge is 0.334 e. The molecule has 1 amide bonds. The van der Waals surface area contributed by atoms with Crippen molar-refractivity contribution in [2.24, 2.45) is 0 Å². The normalized spacial score (nSPS) is 17.6. The van der Waals surface area contributed by atoms with Crippen molar-refractivity contribution in [3.8, 4) is 0 Å². The summed E-state index contributed by atoms with van der Waals surface area (Å²) in [6.45, 7) is 4.19. The third-order valence-electron chi connectivity index (χ3n) is 4.72. The summed E-state index contributed by atoms with van der Waals surface area (Å²) < 4.78 is 14.6. The zero-order chi connectivity index (χ0) is 18.0. The Bertz CT molecular complexity index is 830. The van der Waals surface area contributed by atoms with Gasteiger partial charge in [-0.25, -0.2) is 9.18 Å². The first-order valence-corrected chi connectivity index (χ1v) is 8.56. The molecular weight excluding hydrogens is 321 g/mol. The van der Waals surface area contributed by atoms with Gasteiger partial charge in [0.1, 0.15) is 12.4 Å². The highest BCUT2D eigenvalue weighted by Crippen LogP contribution is 2.31. The number of hydrogen-bond donors (Lipinski definition) is 0. The lowest BCUT2D eigenvalue weighted by Crippen LogP contribution is -2.42. The maximum atomic E-state index is 13.2. The molecule has 0 bridgehead atoms. The standard InChI is InChI=1S/C19H22FN3O2/c1-13-11-14(2)23(19(25)21-13)12-18(24)22-10-4-3-5-17(22)15-6-8-16(20)9-7-15/h6-9,11,17H,3-5,10,12H2,1-2H3. The van der Waals surface area contributed by atoms with Gasteiger partial charge < -0.3 is 4.90 Å². The number of nitrogens with zero attached hydrogens (tertiary/aromatic N) is 3. The van der Waals surface area contributed by atoms with E-state index in [1.165, 1.54) is 16.7 Å². The predicted molar refractivity (Wildman–Crippen MR) is 92.7 cm³/mol. The molecule has 132 valence electrons. The minimum absolute atomic E-state index is 0.0182. The van der Waals surface area contributed by atoms with E-state index >= 15 is 0 Å². The number of hydrogen-bond acceptors (Lipinski definition) is 3. The van der Waals surface area contributed by atoms with Crippen molar-refractivity contribution < 1.29 is 9.18 Å². The summed E-state index contributed by atoms with van der Waals surface area (Å²) in [6, 6.07) is 8.03. The molecule has 2 aromatic rings. The molecular formula is C19H22FN3O2. The van der Waals surface area contributed by atoms with Crippen LogP contribution in [0.1, 0.15) is 42.3 Å². The molecule has 1 aromatic carbocycles. The van der Waals surface area contributed by atoms with Crippen LogP contribution < -0.4 is 5.69 Å². The first-order valence-electron chi connectivity index (χ1n) is 8.56. The van der Waals surface area contributed by atoms with Gasteiger partial charge in [0, 0.05) is 17.9 Å². The van der Waals surface area contributed by atoms with Gasteiger partial charge in [-0.2, -0.15) is 4.98 Å². The van der Waals surface area contributed by atoms with Gasteiger partial charge in [0.15, 0.2) is 0 Å². The van der Waals surface area contributed by atoms with E-state index in [0.29, 0.717) is 12.2 Å². The molecule has 1 fully saturated rings. The van der Waals surface area contributed by atoms with E-state index in [9.17, 15) is 14.0 Å². The van der Waals surface area contributed by atoms with Crippen LogP contribution in [0.5, 0.6) is 0 Å². The molecule has 2 heterocycles. The lowest BCUT2D eigenvalue weighted by atomic mass is 9.95. The average Bonchev–Trinajstić information content (AvgIpc) is 2.58. The number of likely N-dealkylation sites (tertiary alicyclic amines) is 1. The summed E-state index contributed by atoms with van der Waals surface area (Å²) >= 11 is 0. The highest BCUT2D eigenvalue weighted by molar-refractivity contribution is 5.76. The zero-order valence-electron chi connectivity index (χ0n) is 14.5. The second kappa shape index (κ2) is 7.17. The van der Waals surface area contributed by atoms with Gasteiger partial charge in [0.25, 0.3) is 0 Å². The molecule has 1 aromatic heterocycles. The molecule has 0 spiro atoms. The fourth-order valence-corrected chi connectivity index (χ4v) is 3.45. The summed E-state index contributed by atoms with van der Waals surface area (Å²) in [5.41, 5.74) is 1.90. The first-order chi connectivity index (χ1) is 12.0. The molecule has 0 saturated carbocycles. The monoisotopic (exact) mass is 343 g/mol. The Hall–Kier alpha value is -2.50.